The number of nitro benzene ring substituents is 1. The number of hydrogen-bond donors (Lipinski definition) is 0. The molecule has 1 amide bonds. The van der Waals surface area contributed by atoms with Gasteiger partial charge in [-0.15, -0.1) is 0 Å². The van der Waals surface area contributed by atoms with Gasteiger partial charge in [0.2, 0.25) is 5.82 Å². The van der Waals surface area contributed by atoms with Gasteiger partial charge in [0.05, 0.1) is 4.92 Å². The van der Waals surface area contributed by atoms with Crippen LogP contribution in [0, 0.1) is 15.9 Å². The van der Waals surface area contributed by atoms with E-state index < -0.39 is 16.4 Å². The van der Waals surface area contributed by atoms with Crippen molar-refractivity contribution in [2.45, 2.75) is 6.54 Å². The third-order valence-corrected chi connectivity index (χ3v) is 3.47. The van der Waals surface area contributed by atoms with Gasteiger partial charge in [-0.3, -0.25) is 14.9 Å². The van der Waals surface area contributed by atoms with Crippen LogP contribution in [0.5, 0.6) is 0 Å². The maximum Gasteiger partial charge on any atom is 0.305 e. The van der Waals surface area contributed by atoms with Crippen LogP contribution in [-0.4, -0.2) is 22.8 Å². The lowest BCUT2D eigenvalue weighted by atomic mass is 10.1. The number of halogens is 1. The molecule has 2 rings (SSSR count). The van der Waals surface area contributed by atoms with E-state index in [2.05, 4.69) is 0 Å². The van der Waals surface area contributed by atoms with Crippen LogP contribution in [-0.2, 0) is 6.54 Å². The van der Waals surface area contributed by atoms with Gasteiger partial charge in [-0.25, -0.2) is 0 Å². The molecule has 20 heavy (non-hydrogen) atoms. The molecule has 104 valence electrons. The van der Waals surface area contributed by atoms with Gasteiger partial charge in [-0.05, 0) is 34.5 Å². The molecular weight excluding hydrogens is 283 g/mol. The fourth-order valence-electron chi connectivity index (χ4n) is 1.73. The largest absolute Gasteiger partial charge is 0.337 e. The number of nitrogens with zero attached hydrogens (tertiary/aromatic N) is 2. The Bertz CT molecular complexity index is 643. The monoisotopic (exact) mass is 294 g/mol. The minimum absolute atomic E-state index is 0.0934. The van der Waals surface area contributed by atoms with Gasteiger partial charge in [0.25, 0.3) is 5.91 Å². The Balaban J connectivity index is 2.20. The molecule has 0 fully saturated rings. The van der Waals surface area contributed by atoms with E-state index in [0.717, 1.165) is 17.7 Å². The van der Waals surface area contributed by atoms with E-state index in [1.807, 2.05) is 16.8 Å². The number of rotatable bonds is 4. The van der Waals surface area contributed by atoms with Crippen molar-refractivity contribution in [3.05, 3.63) is 62.1 Å². The highest BCUT2D eigenvalue weighted by Crippen LogP contribution is 2.20. The summed E-state index contributed by atoms with van der Waals surface area (Å²) >= 11 is 1.52. The Morgan fingerprint density at radius 1 is 1.45 bits per heavy atom. The Morgan fingerprint density at radius 3 is 2.80 bits per heavy atom. The minimum Gasteiger partial charge on any atom is -0.337 e. The second-order valence-electron chi connectivity index (χ2n) is 4.22. The minimum atomic E-state index is -0.952. The smallest absolute Gasteiger partial charge is 0.305 e. The lowest BCUT2D eigenvalue weighted by molar-refractivity contribution is -0.387. The van der Waals surface area contributed by atoms with E-state index in [1.54, 1.807) is 7.05 Å². The number of nitro groups is 1. The molecule has 2 aromatic rings. The van der Waals surface area contributed by atoms with E-state index in [4.69, 9.17) is 0 Å². The van der Waals surface area contributed by atoms with Gasteiger partial charge >= 0.3 is 5.69 Å². The summed E-state index contributed by atoms with van der Waals surface area (Å²) in [6, 6.07) is 5.03. The fraction of sp³-hybridized carbons (Fsp3) is 0.154. The number of amides is 1. The Morgan fingerprint density at radius 2 is 2.20 bits per heavy atom. The first-order valence-electron chi connectivity index (χ1n) is 5.69. The normalized spacial score (nSPS) is 10.3. The van der Waals surface area contributed by atoms with Crippen molar-refractivity contribution in [1.82, 2.24) is 4.90 Å². The van der Waals surface area contributed by atoms with Crippen LogP contribution < -0.4 is 0 Å². The molecule has 0 unspecified atom stereocenters. The summed E-state index contributed by atoms with van der Waals surface area (Å²) in [4.78, 5) is 23.4. The number of thiophene rings is 1. The van der Waals surface area contributed by atoms with Crippen LogP contribution in [0.15, 0.2) is 35.0 Å². The molecule has 0 spiro atoms. The highest BCUT2D eigenvalue weighted by molar-refractivity contribution is 7.07. The van der Waals surface area contributed by atoms with Gasteiger partial charge in [-0.2, -0.15) is 15.7 Å². The molecule has 0 saturated heterocycles. The van der Waals surface area contributed by atoms with Crippen molar-refractivity contribution in [2.75, 3.05) is 7.05 Å². The number of carbonyl (C=O) groups is 1. The van der Waals surface area contributed by atoms with Crippen LogP contribution in [0.25, 0.3) is 0 Å². The molecule has 1 heterocycles. The van der Waals surface area contributed by atoms with E-state index in [9.17, 15) is 19.3 Å². The van der Waals surface area contributed by atoms with E-state index >= 15 is 0 Å². The van der Waals surface area contributed by atoms with E-state index in [1.165, 1.54) is 22.3 Å². The summed E-state index contributed by atoms with van der Waals surface area (Å²) in [5.74, 6) is -1.34. The molecule has 0 bridgehead atoms. The van der Waals surface area contributed by atoms with Gasteiger partial charge in [-0.1, -0.05) is 0 Å². The lowest BCUT2D eigenvalue weighted by Crippen LogP contribution is -2.26. The van der Waals surface area contributed by atoms with Crippen molar-refractivity contribution in [1.29, 1.82) is 0 Å². The molecule has 0 aliphatic carbocycles. The highest BCUT2D eigenvalue weighted by Gasteiger charge is 2.19. The second kappa shape index (κ2) is 5.79. The second-order valence-corrected chi connectivity index (χ2v) is 5.00. The molecule has 0 N–H and O–H groups in total. The van der Waals surface area contributed by atoms with Crippen LogP contribution in [0.1, 0.15) is 15.9 Å². The van der Waals surface area contributed by atoms with Gasteiger partial charge in [0.15, 0.2) is 0 Å². The molecule has 5 nitrogen and oxygen atoms in total. The number of hydrogen-bond acceptors (Lipinski definition) is 4. The first-order valence-corrected chi connectivity index (χ1v) is 6.64. The molecule has 0 saturated carbocycles. The predicted molar refractivity (Wildman–Crippen MR) is 73.2 cm³/mol. The molecule has 0 atom stereocenters. The summed E-state index contributed by atoms with van der Waals surface area (Å²) in [5, 5.41) is 14.5. The molecule has 1 aromatic heterocycles. The van der Waals surface area contributed by atoms with Crippen molar-refractivity contribution in [2.24, 2.45) is 0 Å². The van der Waals surface area contributed by atoms with E-state index in [0.29, 0.717) is 6.54 Å². The first-order chi connectivity index (χ1) is 9.49. The molecule has 0 radical (unpaired) electrons. The predicted octanol–water partition coefficient (Wildman–Crippen LogP) is 3.07. The maximum atomic E-state index is 13.2. The average molecular weight is 294 g/mol. The van der Waals surface area contributed by atoms with Crippen molar-refractivity contribution in [3.8, 4) is 0 Å². The third kappa shape index (κ3) is 3.00. The molecule has 7 heteroatoms. The number of benzene rings is 1. The summed E-state index contributed by atoms with van der Waals surface area (Å²) in [5.41, 5.74) is 0.373. The van der Waals surface area contributed by atoms with Crippen molar-refractivity contribution in [3.63, 3.8) is 0 Å². The van der Waals surface area contributed by atoms with Crippen molar-refractivity contribution >= 4 is 22.9 Å². The van der Waals surface area contributed by atoms with Crippen LogP contribution in [0.2, 0.25) is 0 Å². The van der Waals surface area contributed by atoms with Crippen molar-refractivity contribution < 1.29 is 14.1 Å². The zero-order chi connectivity index (χ0) is 14.7. The fourth-order valence-corrected chi connectivity index (χ4v) is 2.39. The van der Waals surface area contributed by atoms with Gasteiger partial charge in [0, 0.05) is 25.2 Å². The van der Waals surface area contributed by atoms with Crippen LogP contribution >= 0.6 is 11.3 Å². The standard InChI is InChI=1S/C13H11FN2O3S/c1-15(7-9-4-5-20-8-9)13(17)10-2-3-11(14)12(6-10)16(18)19/h2-6,8H,7H2,1H3. The zero-order valence-electron chi connectivity index (χ0n) is 10.6. The molecule has 1 aromatic carbocycles. The Labute approximate surface area is 118 Å². The van der Waals surface area contributed by atoms with Gasteiger partial charge < -0.3 is 4.90 Å². The van der Waals surface area contributed by atoms with Gasteiger partial charge in [0.1, 0.15) is 0 Å². The molecular formula is C13H11FN2O3S. The number of carbonyl (C=O) groups excluding carboxylic acids is 1. The van der Waals surface area contributed by atoms with E-state index in [-0.39, 0.29) is 11.5 Å². The first kappa shape index (κ1) is 14.1. The average Bonchev–Trinajstić information content (AvgIpc) is 2.91. The topological polar surface area (TPSA) is 63.5 Å². The maximum absolute atomic E-state index is 13.2. The third-order valence-electron chi connectivity index (χ3n) is 2.74. The SMILES string of the molecule is CN(Cc1ccsc1)C(=O)c1ccc(F)c([N+](=O)[O-])c1. The molecule has 0 aliphatic rings. The Kier molecular flexibility index (Phi) is 4.09. The Hall–Kier alpha value is -2.28. The quantitative estimate of drug-likeness (QED) is 0.643. The lowest BCUT2D eigenvalue weighted by Gasteiger charge is -2.16. The highest BCUT2D eigenvalue weighted by atomic mass is 32.1. The summed E-state index contributed by atoms with van der Waals surface area (Å²) in [6.07, 6.45) is 0. The summed E-state index contributed by atoms with van der Waals surface area (Å²) in [7, 11) is 1.59. The van der Waals surface area contributed by atoms with Crippen LogP contribution in [0.3, 0.4) is 0 Å². The van der Waals surface area contributed by atoms with Crippen LogP contribution in [0.4, 0.5) is 10.1 Å². The zero-order valence-corrected chi connectivity index (χ0v) is 11.4. The molecule has 0 aliphatic heterocycles. The summed E-state index contributed by atoms with van der Waals surface area (Å²) in [6.45, 7) is 0.396. The summed E-state index contributed by atoms with van der Waals surface area (Å²) < 4.78 is 13.2.